The Labute approximate surface area is 164 Å². The number of carbonyl (C=O) groups is 1. The molecule has 1 aliphatic rings. The number of hydrogen-bond donors (Lipinski definition) is 3. The van der Waals surface area contributed by atoms with Gasteiger partial charge in [-0.3, -0.25) is 0 Å². The number of aliphatic carboxylic acids is 1. The lowest BCUT2D eigenvalue weighted by Crippen LogP contribution is -2.22. The molecule has 0 amide bonds. The van der Waals surface area contributed by atoms with Crippen molar-refractivity contribution in [1.29, 1.82) is 5.26 Å². The number of anilines is 1. The van der Waals surface area contributed by atoms with Crippen LogP contribution in [0.4, 0.5) is 5.69 Å². The van der Waals surface area contributed by atoms with Crippen molar-refractivity contribution in [3.63, 3.8) is 0 Å². The van der Waals surface area contributed by atoms with Crippen LogP contribution in [0.25, 0.3) is 0 Å². The minimum atomic E-state index is -1.02. The first-order valence-electron chi connectivity index (χ1n) is 9.47. The fraction of sp³-hybridized carbons (Fsp3) is 0.364. The third kappa shape index (κ3) is 4.44. The first-order chi connectivity index (χ1) is 13.6. The summed E-state index contributed by atoms with van der Waals surface area (Å²) in [4.78, 5) is 12.1. The molecule has 28 heavy (non-hydrogen) atoms. The van der Waals surface area contributed by atoms with Crippen LogP contribution < -0.4 is 10.1 Å². The molecular formula is C22H24N2O4. The van der Waals surface area contributed by atoms with E-state index >= 15 is 0 Å². The first kappa shape index (κ1) is 19.7. The summed E-state index contributed by atoms with van der Waals surface area (Å²) in [6, 6.07) is 11.7. The molecule has 1 fully saturated rings. The number of nitrogens with one attached hydrogen (secondary N) is 1. The number of aryl methyl sites for hydroxylation is 1. The van der Waals surface area contributed by atoms with Crippen LogP contribution in [0.15, 0.2) is 36.4 Å². The van der Waals surface area contributed by atoms with Crippen LogP contribution in [0.1, 0.15) is 54.0 Å². The smallest absolute Gasteiger partial charge is 0.330 e. The molecule has 0 aliphatic heterocycles. The molecule has 0 aromatic heterocycles. The third-order valence-corrected chi connectivity index (χ3v) is 4.87. The normalized spacial score (nSPS) is 14.2. The van der Waals surface area contributed by atoms with Crippen LogP contribution in [-0.4, -0.2) is 29.4 Å². The molecule has 1 unspecified atom stereocenters. The fourth-order valence-electron chi connectivity index (χ4n) is 3.27. The lowest BCUT2D eigenvalue weighted by atomic mass is 9.95. The number of benzene rings is 2. The lowest BCUT2D eigenvalue weighted by molar-refractivity contribution is -0.138. The van der Waals surface area contributed by atoms with Crippen molar-refractivity contribution < 1.29 is 19.7 Å². The summed E-state index contributed by atoms with van der Waals surface area (Å²) >= 11 is 0. The Morgan fingerprint density at radius 3 is 2.57 bits per heavy atom. The number of hydrogen-bond acceptors (Lipinski definition) is 5. The van der Waals surface area contributed by atoms with E-state index in [4.69, 9.17) is 10.00 Å². The van der Waals surface area contributed by atoms with Gasteiger partial charge in [0, 0.05) is 11.3 Å². The maximum absolute atomic E-state index is 12.1. The number of carboxylic acids is 1. The predicted molar refractivity (Wildman–Crippen MR) is 106 cm³/mol. The number of carboxylic acid groups (broad SMARTS) is 1. The predicted octanol–water partition coefficient (Wildman–Crippen LogP) is 3.61. The Balaban J connectivity index is 2.02. The minimum Gasteiger partial charge on any atom is -0.491 e. The Morgan fingerprint density at radius 2 is 2.04 bits per heavy atom. The zero-order valence-corrected chi connectivity index (χ0v) is 15.8. The fourth-order valence-corrected chi connectivity index (χ4v) is 3.27. The average molecular weight is 380 g/mol. The summed E-state index contributed by atoms with van der Waals surface area (Å²) in [6.07, 6.45) is 2.93. The van der Waals surface area contributed by atoms with Gasteiger partial charge < -0.3 is 20.3 Å². The van der Waals surface area contributed by atoms with Gasteiger partial charge >= 0.3 is 5.97 Å². The molecule has 1 saturated carbocycles. The van der Waals surface area contributed by atoms with Gasteiger partial charge in [-0.25, -0.2) is 4.79 Å². The van der Waals surface area contributed by atoms with Gasteiger partial charge in [-0.2, -0.15) is 5.26 Å². The number of aliphatic hydroxyl groups excluding tert-OH is 1. The molecular weight excluding hydrogens is 356 g/mol. The number of rotatable bonds is 9. The van der Waals surface area contributed by atoms with Crippen LogP contribution in [0, 0.1) is 11.3 Å². The van der Waals surface area contributed by atoms with Crippen LogP contribution in [0.5, 0.6) is 5.75 Å². The molecule has 2 aromatic rings. The second-order valence-corrected chi connectivity index (χ2v) is 6.90. The molecule has 6 heteroatoms. The molecule has 1 aliphatic carbocycles. The lowest BCUT2D eigenvalue weighted by Gasteiger charge is -2.23. The van der Waals surface area contributed by atoms with Crippen molar-refractivity contribution in [1.82, 2.24) is 0 Å². The van der Waals surface area contributed by atoms with E-state index in [0.29, 0.717) is 34.9 Å². The molecule has 0 bridgehead atoms. The van der Waals surface area contributed by atoms with Crippen LogP contribution in [0.2, 0.25) is 0 Å². The van der Waals surface area contributed by atoms with Crippen LogP contribution >= 0.6 is 0 Å². The van der Waals surface area contributed by atoms with Crippen LogP contribution in [-0.2, 0) is 11.2 Å². The molecule has 0 saturated heterocycles. The molecule has 0 heterocycles. The zero-order chi connectivity index (χ0) is 20.1. The number of nitriles is 1. The van der Waals surface area contributed by atoms with Crippen molar-refractivity contribution in [2.75, 3.05) is 18.5 Å². The van der Waals surface area contributed by atoms with E-state index < -0.39 is 12.0 Å². The van der Waals surface area contributed by atoms with E-state index in [9.17, 15) is 15.0 Å². The largest absolute Gasteiger partial charge is 0.491 e. The van der Waals surface area contributed by atoms with Crippen molar-refractivity contribution in [3.05, 3.63) is 58.7 Å². The van der Waals surface area contributed by atoms with Crippen LogP contribution in [0.3, 0.4) is 0 Å². The number of aliphatic hydroxyl groups is 1. The topological polar surface area (TPSA) is 103 Å². The first-order valence-corrected chi connectivity index (χ1v) is 9.47. The van der Waals surface area contributed by atoms with Crippen molar-refractivity contribution in [2.45, 2.75) is 38.1 Å². The number of ether oxygens (including phenoxy) is 1. The molecule has 3 rings (SSSR count). The summed E-state index contributed by atoms with van der Waals surface area (Å²) < 4.78 is 5.77. The van der Waals surface area contributed by atoms with Gasteiger partial charge in [0.15, 0.2) is 6.04 Å². The summed E-state index contributed by atoms with van der Waals surface area (Å²) in [5.41, 5.74) is 3.76. The highest BCUT2D eigenvalue weighted by Gasteiger charge is 2.30. The molecule has 146 valence electrons. The summed E-state index contributed by atoms with van der Waals surface area (Å²) in [6.45, 7) is 1.96. The second kappa shape index (κ2) is 8.77. The molecule has 0 radical (unpaired) electrons. The Kier molecular flexibility index (Phi) is 6.17. The Morgan fingerprint density at radius 1 is 1.32 bits per heavy atom. The van der Waals surface area contributed by atoms with Gasteiger partial charge in [-0.1, -0.05) is 13.0 Å². The van der Waals surface area contributed by atoms with E-state index in [1.165, 1.54) is 0 Å². The average Bonchev–Trinajstić information content (AvgIpc) is 3.55. The van der Waals surface area contributed by atoms with Gasteiger partial charge in [0.1, 0.15) is 12.4 Å². The minimum absolute atomic E-state index is 0.103. The summed E-state index contributed by atoms with van der Waals surface area (Å²) in [7, 11) is 0. The molecule has 3 N–H and O–H groups in total. The Bertz CT molecular complexity index is 883. The Hall–Kier alpha value is -3.04. The van der Waals surface area contributed by atoms with E-state index in [1.54, 1.807) is 24.3 Å². The highest BCUT2D eigenvalue weighted by Crippen LogP contribution is 2.44. The van der Waals surface area contributed by atoms with Gasteiger partial charge in [0.2, 0.25) is 0 Å². The van der Waals surface area contributed by atoms with Gasteiger partial charge in [-0.15, -0.1) is 0 Å². The van der Waals surface area contributed by atoms with E-state index in [2.05, 4.69) is 11.4 Å². The van der Waals surface area contributed by atoms with E-state index in [-0.39, 0.29) is 13.2 Å². The summed E-state index contributed by atoms with van der Waals surface area (Å²) in [5, 5.41) is 31.1. The maximum Gasteiger partial charge on any atom is 0.330 e. The maximum atomic E-state index is 12.1. The number of nitrogens with zero attached hydrogens (tertiary/aromatic N) is 1. The molecule has 1 atom stereocenters. The standard InChI is InChI=1S/C22H24N2O4/c1-2-15-11-17(16-5-6-16)12-19(21(15)28-10-9-25)20(22(26)27)24-18-7-3-14(13-23)4-8-18/h3-4,7-8,11-12,16,20,24-25H,2,5-6,9-10H2,1H3,(H,26,27). The second-order valence-electron chi connectivity index (χ2n) is 6.90. The SMILES string of the molecule is CCc1cc(C2CC2)cc(C(Nc2ccc(C#N)cc2)C(=O)O)c1OCCO. The molecule has 2 aromatic carbocycles. The quantitative estimate of drug-likeness (QED) is 0.614. The highest BCUT2D eigenvalue weighted by atomic mass is 16.5. The van der Waals surface area contributed by atoms with Gasteiger partial charge in [0.05, 0.1) is 18.2 Å². The van der Waals surface area contributed by atoms with Crippen molar-refractivity contribution in [2.24, 2.45) is 0 Å². The van der Waals surface area contributed by atoms with Crippen molar-refractivity contribution >= 4 is 11.7 Å². The molecule has 0 spiro atoms. The highest BCUT2D eigenvalue weighted by molar-refractivity contribution is 5.81. The van der Waals surface area contributed by atoms with E-state index in [1.807, 2.05) is 19.1 Å². The van der Waals surface area contributed by atoms with Crippen molar-refractivity contribution in [3.8, 4) is 11.8 Å². The monoisotopic (exact) mass is 380 g/mol. The summed E-state index contributed by atoms with van der Waals surface area (Å²) in [5.74, 6) is -0.0250. The zero-order valence-electron chi connectivity index (χ0n) is 15.8. The van der Waals surface area contributed by atoms with Gasteiger partial charge in [0.25, 0.3) is 0 Å². The molecule has 6 nitrogen and oxygen atoms in total. The van der Waals surface area contributed by atoms with Gasteiger partial charge in [-0.05, 0) is 66.6 Å². The third-order valence-electron chi connectivity index (χ3n) is 4.87. The van der Waals surface area contributed by atoms with E-state index in [0.717, 1.165) is 24.0 Å².